The molecule has 0 radical (unpaired) electrons. The van der Waals surface area contributed by atoms with Crippen molar-refractivity contribution in [3.05, 3.63) is 91.3 Å². The summed E-state index contributed by atoms with van der Waals surface area (Å²) in [6.07, 6.45) is -5.50. The number of hydrogen-bond acceptors (Lipinski definition) is 4. The molecule has 1 aliphatic rings. The lowest BCUT2D eigenvalue weighted by Crippen LogP contribution is -2.62. The molecule has 1 aromatic heterocycles. The van der Waals surface area contributed by atoms with E-state index in [9.17, 15) is 36.7 Å². The SMILES string of the molecule is O=C(N[C@@]1(C(F)(F)F)C(=O)Nc2c1c(=O)[nH]c(=O)n2-c1ccc(F)cc1)c1ccc(Cl)cc1. The molecule has 0 saturated carbocycles. The van der Waals surface area contributed by atoms with Gasteiger partial charge in [-0.2, -0.15) is 13.2 Å². The zero-order valence-corrected chi connectivity index (χ0v) is 16.8. The van der Waals surface area contributed by atoms with Gasteiger partial charge in [0.1, 0.15) is 17.2 Å². The summed E-state index contributed by atoms with van der Waals surface area (Å²) in [5.74, 6) is -4.64. The minimum atomic E-state index is -5.50. The van der Waals surface area contributed by atoms with Crippen LogP contribution in [0.15, 0.2) is 58.1 Å². The van der Waals surface area contributed by atoms with Crippen molar-refractivity contribution in [2.45, 2.75) is 11.7 Å². The van der Waals surface area contributed by atoms with Crippen LogP contribution in [0.25, 0.3) is 5.69 Å². The summed E-state index contributed by atoms with van der Waals surface area (Å²) in [7, 11) is 0. The second-order valence-corrected chi connectivity index (χ2v) is 7.39. The maximum atomic E-state index is 14.4. The van der Waals surface area contributed by atoms with E-state index in [1.165, 1.54) is 12.1 Å². The number of halogens is 5. The fourth-order valence-electron chi connectivity index (χ4n) is 3.46. The molecule has 3 aromatic rings. The highest BCUT2D eigenvalue weighted by molar-refractivity contribution is 6.30. The van der Waals surface area contributed by atoms with Gasteiger partial charge in [0.2, 0.25) is 0 Å². The Balaban J connectivity index is 1.96. The Morgan fingerprint density at radius 1 is 1.00 bits per heavy atom. The van der Waals surface area contributed by atoms with E-state index in [-0.39, 0.29) is 16.3 Å². The van der Waals surface area contributed by atoms with Gasteiger partial charge in [0, 0.05) is 10.6 Å². The van der Waals surface area contributed by atoms with Gasteiger partial charge in [-0.3, -0.25) is 19.4 Å². The number of benzene rings is 2. The van der Waals surface area contributed by atoms with Crippen molar-refractivity contribution in [2.24, 2.45) is 0 Å². The number of aromatic nitrogens is 2. The van der Waals surface area contributed by atoms with E-state index in [2.05, 4.69) is 0 Å². The van der Waals surface area contributed by atoms with Gasteiger partial charge < -0.3 is 10.6 Å². The molecule has 2 aromatic carbocycles. The molecule has 1 aliphatic heterocycles. The standard InChI is InChI=1S/C20H11ClF4N4O4/c21-10-3-1-9(2-4-10)15(30)28-19(20(23,24)25)13-14(26-17(19)32)29(18(33)27-16(13)31)12-7-5-11(22)6-8-12/h1-8H,(H,26,32)(H,28,30)(H,27,31,33)/t19-/m1/s1. The fraction of sp³-hybridized carbons (Fsp3) is 0.100. The fourth-order valence-corrected chi connectivity index (χ4v) is 3.58. The molecule has 1 atom stereocenters. The zero-order chi connectivity index (χ0) is 24.1. The predicted molar refractivity (Wildman–Crippen MR) is 108 cm³/mol. The van der Waals surface area contributed by atoms with Gasteiger partial charge in [-0.25, -0.2) is 13.8 Å². The number of alkyl halides is 3. The summed E-state index contributed by atoms with van der Waals surface area (Å²) in [6, 6.07) is 8.71. The Morgan fingerprint density at radius 2 is 1.61 bits per heavy atom. The number of carbonyl (C=O) groups is 2. The molecule has 0 aliphatic carbocycles. The van der Waals surface area contributed by atoms with Crippen molar-refractivity contribution in [1.29, 1.82) is 0 Å². The van der Waals surface area contributed by atoms with Gasteiger partial charge in [0.25, 0.3) is 22.9 Å². The Labute approximate surface area is 185 Å². The van der Waals surface area contributed by atoms with Crippen molar-refractivity contribution >= 4 is 29.2 Å². The van der Waals surface area contributed by atoms with Crippen LogP contribution in [0.2, 0.25) is 5.02 Å². The summed E-state index contributed by atoms with van der Waals surface area (Å²) < 4.78 is 57.0. The summed E-state index contributed by atoms with van der Waals surface area (Å²) >= 11 is 5.72. The van der Waals surface area contributed by atoms with Crippen molar-refractivity contribution in [2.75, 3.05) is 5.32 Å². The first kappa shape index (κ1) is 22.3. The number of nitrogens with zero attached hydrogens (tertiary/aromatic N) is 1. The van der Waals surface area contributed by atoms with E-state index in [0.717, 1.165) is 36.4 Å². The number of amides is 2. The molecule has 0 saturated heterocycles. The lowest BCUT2D eigenvalue weighted by molar-refractivity contribution is -0.196. The first-order valence-electron chi connectivity index (χ1n) is 9.07. The van der Waals surface area contributed by atoms with Gasteiger partial charge in [0.15, 0.2) is 0 Å². The van der Waals surface area contributed by atoms with E-state index < -0.39 is 52.0 Å². The molecule has 170 valence electrons. The second kappa shape index (κ2) is 7.59. The number of anilines is 1. The first-order valence-corrected chi connectivity index (χ1v) is 9.45. The highest BCUT2D eigenvalue weighted by Gasteiger charge is 2.68. The molecule has 0 fully saturated rings. The van der Waals surface area contributed by atoms with Gasteiger partial charge >= 0.3 is 11.9 Å². The quantitative estimate of drug-likeness (QED) is 0.498. The van der Waals surface area contributed by atoms with Crippen molar-refractivity contribution in [3.8, 4) is 5.69 Å². The van der Waals surface area contributed by atoms with Crippen LogP contribution in [0, 0.1) is 5.82 Å². The molecular weight excluding hydrogens is 472 g/mol. The zero-order valence-electron chi connectivity index (χ0n) is 16.1. The van der Waals surface area contributed by atoms with E-state index >= 15 is 0 Å². The average Bonchev–Trinajstić information content (AvgIpc) is 3.03. The van der Waals surface area contributed by atoms with Gasteiger partial charge in [0.05, 0.1) is 5.69 Å². The number of aromatic amines is 1. The Bertz CT molecular complexity index is 1400. The van der Waals surface area contributed by atoms with Gasteiger partial charge in [-0.05, 0) is 48.5 Å². The maximum absolute atomic E-state index is 14.4. The monoisotopic (exact) mass is 482 g/mol. The molecule has 3 N–H and O–H groups in total. The second-order valence-electron chi connectivity index (χ2n) is 6.96. The maximum Gasteiger partial charge on any atom is 0.425 e. The van der Waals surface area contributed by atoms with Gasteiger partial charge in [-0.1, -0.05) is 11.6 Å². The molecular formula is C20H11ClF4N4O4. The van der Waals surface area contributed by atoms with Crippen LogP contribution in [0.3, 0.4) is 0 Å². The third kappa shape index (κ3) is 3.48. The van der Waals surface area contributed by atoms with E-state index in [1.54, 1.807) is 10.3 Å². The van der Waals surface area contributed by atoms with Crippen LogP contribution in [-0.2, 0) is 10.3 Å². The first-order chi connectivity index (χ1) is 15.5. The molecule has 33 heavy (non-hydrogen) atoms. The van der Waals surface area contributed by atoms with E-state index in [1.807, 2.05) is 5.32 Å². The lowest BCUT2D eigenvalue weighted by atomic mass is 9.91. The summed E-state index contributed by atoms with van der Waals surface area (Å²) in [6.45, 7) is 0. The smallest absolute Gasteiger partial charge is 0.326 e. The Kier molecular flexibility index (Phi) is 5.12. The minimum absolute atomic E-state index is 0.142. The number of nitrogens with one attached hydrogen (secondary N) is 3. The van der Waals surface area contributed by atoms with Crippen LogP contribution in [0.1, 0.15) is 15.9 Å². The largest absolute Gasteiger partial charge is 0.425 e. The number of H-pyrrole nitrogens is 1. The Hall–Kier alpha value is -3.93. The summed E-state index contributed by atoms with van der Waals surface area (Å²) in [4.78, 5) is 52.0. The molecule has 8 nitrogen and oxygen atoms in total. The average molecular weight is 483 g/mol. The highest BCUT2D eigenvalue weighted by Crippen LogP contribution is 2.45. The number of hydrogen-bond donors (Lipinski definition) is 3. The number of carbonyl (C=O) groups excluding carboxylic acids is 2. The summed E-state index contributed by atoms with van der Waals surface area (Å²) in [5, 5.41) is 3.70. The van der Waals surface area contributed by atoms with Crippen LogP contribution < -0.4 is 21.9 Å². The predicted octanol–water partition coefficient (Wildman–Crippen LogP) is 2.46. The van der Waals surface area contributed by atoms with Crippen molar-refractivity contribution in [3.63, 3.8) is 0 Å². The molecule has 2 amide bonds. The van der Waals surface area contributed by atoms with Crippen molar-refractivity contribution < 1.29 is 27.2 Å². The van der Waals surface area contributed by atoms with E-state index in [4.69, 9.17) is 11.6 Å². The van der Waals surface area contributed by atoms with Crippen molar-refractivity contribution in [1.82, 2.24) is 14.9 Å². The van der Waals surface area contributed by atoms with Crippen LogP contribution in [-0.4, -0.2) is 27.5 Å². The normalized spacial score (nSPS) is 17.4. The van der Waals surface area contributed by atoms with Gasteiger partial charge in [-0.15, -0.1) is 0 Å². The molecule has 4 rings (SSSR count). The molecule has 0 unspecified atom stereocenters. The number of rotatable bonds is 3. The third-order valence-electron chi connectivity index (χ3n) is 4.98. The molecule has 2 heterocycles. The Morgan fingerprint density at radius 3 is 2.18 bits per heavy atom. The minimum Gasteiger partial charge on any atom is -0.326 e. The van der Waals surface area contributed by atoms with Crippen LogP contribution in [0.5, 0.6) is 0 Å². The topological polar surface area (TPSA) is 113 Å². The number of fused-ring (bicyclic) bond motifs is 1. The summed E-state index contributed by atoms with van der Waals surface area (Å²) in [5.41, 5.74) is -8.20. The van der Waals surface area contributed by atoms with E-state index in [0.29, 0.717) is 4.57 Å². The van der Waals surface area contributed by atoms with Crippen LogP contribution >= 0.6 is 11.6 Å². The molecule has 0 spiro atoms. The third-order valence-corrected chi connectivity index (χ3v) is 5.23. The lowest BCUT2D eigenvalue weighted by Gasteiger charge is -2.30. The molecule has 0 bridgehead atoms. The highest BCUT2D eigenvalue weighted by atomic mass is 35.5. The molecule has 13 heteroatoms. The van der Waals surface area contributed by atoms with Crippen LogP contribution in [0.4, 0.5) is 23.4 Å².